The maximum absolute atomic E-state index is 12.7. The van der Waals surface area contributed by atoms with Crippen LogP contribution < -0.4 is 5.32 Å². The number of nitrogens with zero attached hydrogens (tertiary/aromatic N) is 1. The third-order valence-corrected chi connectivity index (χ3v) is 6.40. The maximum Gasteiger partial charge on any atom is 0.251 e. The second-order valence-corrected chi connectivity index (χ2v) is 8.77. The lowest BCUT2D eigenvalue weighted by Crippen LogP contribution is -2.25. The predicted molar refractivity (Wildman–Crippen MR) is 125 cm³/mol. The highest BCUT2D eigenvalue weighted by Gasteiger charge is 2.18. The molecule has 30 heavy (non-hydrogen) atoms. The zero-order chi connectivity index (χ0) is 21.1. The van der Waals surface area contributed by atoms with E-state index in [0.717, 1.165) is 29.1 Å². The molecule has 0 saturated heterocycles. The van der Waals surface area contributed by atoms with Crippen LogP contribution in [0, 0.1) is 13.8 Å². The summed E-state index contributed by atoms with van der Waals surface area (Å²) in [6.07, 6.45) is 1.67. The standard InChI is InChI=1S/C26H26N2OS/c1-4-22-21-15-18(3)8-10-24(21)30-25-11-9-20(16-23(25)28-22)26(29)27-13-12-19-7-5-6-17(2)14-19/h5-11,14-16H,4,12-13H2,1-3H3,(H,27,29). The lowest BCUT2D eigenvalue weighted by Gasteiger charge is -2.09. The van der Waals surface area contributed by atoms with Crippen LogP contribution >= 0.6 is 11.8 Å². The Hall–Kier alpha value is -2.85. The molecule has 0 spiro atoms. The minimum Gasteiger partial charge on any atom is -0.352 e. The smallest absolute Gasteiger partial charge is 0.251 e. The molecule has 0 bridgehead atoms. The van der Waals surface area contributed by atoms with Crippen LogP contribution in [0.2, 0.25) is 0 Å². The summed E-state index contributed by atoms with van der Waals surface area (Å²) >= 11 is 1.72. The van der Waals surface area contributed by atoms with E-state index in [-0.39, 0.29) is 5.91 Å². The fourth-order valence-electron chi connectivity index (χ4n) is 3.67. The van der Waals surface area contributed by atoms with E-state index in [1.165, 1.54) is 27.1 Å². The summed E-state index contributed by atoms with van der Waals surface area (Å²) in [6.45, 7) is 6.93. The third-order valence-electron chi connectivity index (χ3n) is 5.26. The first-order valence-corrected chi connectivity index (χ1v) is 11.2. The number of amides is 1. The van der Waals surface area contributed by atoms with Gasteiger partial charge in [-0.3, -0.25) is 9.79 Å². The molecule has 3 nitrogen and oxygen atoms in total. The van der Waals surface area contributed by atoms with Crippen molar-refractivity contribution in [3.8, 4) is 0 Å². The van der Waals surface area contributed by atoms with Crippen LogP contribution in [0.25, 0.3) is 0 Å². The van der Waals surface area contributed by atoms with Crippen molar-refractivity contribution in [1.29, 1.82) is 0 Å². The minimum absolute atomic E-state index is 0.0543. The first-order chi connectivity index (χ1) is 14.5. The minimum atomic E-state index is -0.0543. The topological polar surface area (TPSA) is 41.5 Å². The Morgan fingerprint density at radius 3 is 2.57 bits per heavy atom. The molecule has 0 aromatic heterocycles. The Labute approximate surface area is 182 Å². The average molecular weight is 415 g/mol. The van der Waals surface area contributed by atoms with Gasteiger partial charge in [0.25, 0.3) is 5.91 Å². The van der Waals surface area contributed by atoms with Gasteiger partial charge in [-0.1, -0.05) is 60.1 Å². The van der Waals surface area contributed by atoms with Crippen molar-refractivity contribution in [2.24, 2.45) is 4.99 Å². The second kappa shape index (κ2) is 8.88. The molecule has 0 saturated carbocycles. The van der Waals surface area contributed by atoms with E-state index in [1.54, 1.807) is 11.8 Å². The number of nitrogens with one attached hydrogen (secondary N) is 1. The van der Waals surface area contributed by atoms with E-state index in [1.807, 2.05) is 18.2 Å². The number of carbonyl (C=O) groups excluding carboxylic acids is 1. The number of fused-ring (bicyclic) bond motifs is 2. The summed E-state index contributed by atoms with van der Waals surface area (Å²) in [5.74, 6) is -0.0543. The Morgan fingerprint density at radius 1 is 0.967 bits per heavy atom. The molecule has 4 heteroatoms. The van der Waals surface area contributed by atoms with E-state index < -0.39 is 0 Å². The molecule has 0 unspecified atom stereocenters. The van der Waals surface area contributed by atoms with Gasteiger partial charge >= 0.3 is 0 Å². The fraction of sp³-hybridized carbons (Fsp3) is 0.231. The first kappa shape index (κ1) is 20.4. The summed E-state index contributed by atoms with van der Waals surface area (Å²) in [5.41, 5.74) is 7.49. The molecule has 1 amide bonds. The van der Waals surface area contributed by atoms with Crippen molar-refractivity contribution in [3.63, 3.8) is 0 Å². The van der Waals surface area contributed by atoms with Crippen molar-refractivity contribution in [2.75, 3.05) is 6.54 Å². The van der Waals surface area contributed by atoms with E-state index in [4.69, 9.17) is 4.99 Å². The quantitative estimate of drug-likeness (QED) is 0.534. The molecule has 0 aliphatic carbocycles. The molecule has 3 aromatic rings. The summed E-state index contributed by atoms with van der Waals surface area (Å²) in [4.78, 5) is 20.0. The van der Waals surface area contributed by atoms with Crippen LogP contribution in [0.15, 0.2) is 75.4 Å². The van der Waals surface area contributed by atoms with E-state index >= 15 is 0 Å². The Kier molecular flexibility index (Phi) is 6.05. The highest BCUT2D eigenvalue weighted by Crippen LogP contribution is 2.41. The molecule has 3 aromatic carbocycles. The van der Waals surface area contributed by atoms with Crippen LogP contribution in [-0.2, 0) is 6.42 Å². The van der Waals surface area contributed by atoms with Crippen LogP contribution in [0.1, 0.15) is 46.0 Å². The van der Waals surface area contributed by atoms with Gasteiger partial charge in [0.05, 0.1) is 5.69 Å². The summed E-state index contributed by atoms with van der Waals surface area (Å²) in [6, 6.07) is 20.7. The van der Waals surface area contributed by atoms with Gasteiger partial charge in [0.15, 0.2) is 0 Å². The van der Waals surface area contributed by atoms with Gasteiger partial charge in [0, 0.05) is 33.2 Å². The molecule has 1 aliphatic rings. The predicted octanol–water partition coefficient (Wildman–Crippen LogP) is 6.27. The van der Waals surface area contributed by atoms with Crippen molar-refractivity contribution < 1.29 is 4.79 Å². The Balaban J connectivity index is 1.53. The number of carbonyl (C=O) groups is 1. The van der Waals surface area contributed by atoms with E-state index in [0.29, 0.717) is 12.1 Å². The molecular weight excluding hydrogens is 388 g/mol. The lowest BCUT2D eigenvalue weighted by atomic mass is 10.0. The van der Waals surface area contributed by atoms with Crippen LogP contribution in [0.4, 0.5) is 5.69 Å². The number of hydrogen-bond acceptors (Lipinski definition) is 3. The fourth-order valence-corrected chi connectivity index (χ4v) is 4.68. The number of rotatable bonds is 5. The molecule has 1 heterocycles. The molecule has 4 rings (SSSR count). The molecule has 0 fully saturated rings. The number of hydrogen-bond donors (Lipinski definition) is 1. The van der Waals surface area contributed by atoms with Crippen molar-refractivity contribution >= 4 is 29.1 Å². The zero-order valence-corrected chi connectivity index (χ0v) is 18.5. The summed E-state index contributed by atoms with van der Waals surface area (Å²) < 4.78 is 0. The largest absolute Gasteiger partial charge is 0.352 e. The van der Waals surface area contributed by atoms with Crippen molar-refractivity contribution in [1.82, 2.24) is 5.32 Å². The van der Waals surface area contributed by atoms with Crippen molar-refractivity contribution in [2.45, 2.75) is 43.4 Å². The Bertz CT molecular complexity index is 1130. The number of aryl methyl sites for hydroxylation is 2. The highest BCUT2D eigenvalue weighted by atomic mass is 32.2. The molecule has 0 atom stereocenters. The normalized spacial score (nSPS) is 12.4. The Morgan fingerprint density at radius 2 is 1.77 bits per heavy atom. The average Bonchev–Trinajstić information content (AvgIpc) is 2.89. The van der Waals surface area contributed by atoms with Gasteiger partial charge < -0.3 is 5.32 Å². The monoisotopic (exact) mass is 414 g/mol. The van der Waals surface area contributed by atoms with Crippen LogP contribution in [0.3, 0.4) is 0 Å². The molecule has 1 aliphatic heterocycles. The molecule has 152 valence electrons. The van der Waals surface area contributed by atoms with E-state index in [2.05, 4.69) is 68.6 Å². The lowest BCUT2D eigenvalue weighted by molar-refractivity contribution is 0.0954. The molecule has 0 radical (unpaired) electrons. The van der Waals surface area contributed by atoms with E-state index in [9.17, 15) is 4.79 Å². The summed E-state index contributed by atoms with van der Waals surface area (Å²) in [5, 5.41) is 3.04. The van der Waals surface area contributed by atoms with Crippen LogP contribution in [-0.4, -0.2) is 18.2 Å². The van der Waals surface area contributed by atoms with Gasteiger partial charge in [0.2, 0.25) is 0 Å². The van der Waals surface area contributed by atoms with Gasteiger partial charge in [-0.05, 0) is 62.6 Å². The first-order valence-electron chi connectivity index (χ1n) is 10.4. The van der Waals surface area contributed by atoms with Crippen LogP contribution in [0.5, 0.6) is 0 Å². The van der Waals surface area contributed by atoms with Gasteiger partial charge in [-0.25, -0.2) is 0 Å². The van der Waals surface area contributed by atoms with Crippen molar-refractivity contribution in [3.05, 3.63) is 88.5 Å². The maximum atomic E-state index is 12.7. The third kappa shape index (κ3) is 4.49. The van der Waals surface area contributed by atoms with Gasteiger partial charge in [0.1, 0.15) is 0 Å². The number of benzene rings is 3. The van der Waals surface area contributed by atoms with Gasteiger partial charge in [-0.15, -0.1) is 0 Å². The number of aliphatic imine (C=N–C) groups is 1. The highest BCUT2D eigenvalue weighted by molar-refractivity contribution is 7.99. The van der Waals surface area contributed by atoms with Gasteiger partial charge in [-0.2, -0.15) is 0 Å². The molecular formula is C26H26N2OS. The zero-order valence-electron chi connectivity index (χ0n) is 17.7. The SMILES string of the molecule is CCC1=Nc2cc(C(=O)NCCc3cccc(C)c3)ccc2Sc2ccc(C)cc21. The second-order valence-electron chi connectivity index (χ2n) is 7.69. The summed E-state index contributed by atoms with van der Waals surface area (Å²) in [7, 11) is 0. The molecule has 1 N–H and O–H groups in total.